The molecule has 4 heteroatoms. The summed E-state index contributed by atoms with van der Waals surface area (Å²) in [5.74, 6) is 0. The fraction of sp³-hybridized carbons (Fsp3) is 0.533. The van der Waals surface area contributed by atoms with E-state index in [1.165, 1.54) is 5.56 Å². The molecule has 0 unspecified atom stereocenters. The van der Waals surface area contributed by atoms with E-state index in [4.69, 9.17) is 4.74 Å². The fourth-order valence-corrected chi connectivity index (χ4v) is 3.04. The summed E-state index contributed by atoms with van der Waals surface area (Å²) in [6, 6.07) is 4.14. The van der Waals surface area contributed by atoms with Gasteiger partial charge in [-0.3, -0.25) is 4.90 Å². The van der Waals surface area contributed by atoms with Crippen LogP contribution in [0.25, 0.3) is 0 Å². The molecule has 0 N–H and O–H groups in total. The third-order valence-electron chi connectivity index (χ3n) is 3.06. The first kappa shape index (κ1) is 14.4. The summed E-state index contributed by atoms with van der Waals surface area (Å²) in [6.07, 6.45) is 1.73. The van der Waals surface area contributed by atoms with Gasteiger partial charge < -0.3 is 4.74 Å². The van der Waals surface area contributed by atoms with Gasteiger partial charge in [0.05, 0.1) is 5.69 Å². The highest BCUT2D eigenvalue weighted by Crippen LogP contribution is 2.34. The molecule has 0 radical (unpaired) electrons. The van der Waals surface area contributed by atoms with Crippen molar-refractivity contribution in [1.29, 1.82) is 0 Å². The number of amides is 1. The number of ether oxygens (including phenoxy) is 1. The summed E-state index contributed by atoms with van der Waals surface area (Å²) < 4.78 is 6.56. The van der Waals surface area contributed by atoms with Crippen LogP contribution in [0.2, 0.25) is 0 Å². The Morgan fingerprint density at radius 2 is 2.05 bits per heavy atom. The van der Waals surface area contributed by atoms with Crippen molar-refractivity contribution in [2.75, 3.05) is 11.4 Å². The van der Waals surface area contributed by atoms with Gasteiger partial charge in [0.15, 0.2) is 0 Å². The Hall–Kier alpha value is -1.03. The number of carbonyl (C=O) groups is 1. The van der Waals surface area contributed by atoms with Gasteiger partial charge in [0, 0.05) is 11.0 Å². The summed E-state index contributed by atoms with van der Waals surface area (Å²) in [6.45, 7) is 8.44. The standard InChI is InChI=1S/C15H20BrNO2/c1-10-8-12(16)9-11-6-5-7-17(13(10)11)14(18)19-15(2,3)4/h8-9H,5-7H2,1-4H3. The molecule has 19 heavy (non-hydrogen) atoms. The molecule has 1 amide bonds. The molecule has 1 heterocycles. The van der Waals surface area contributed by atoms with E-state index in [-0.39, 0.29) is 6.09 Å². The van der Waals surface area contributed by atoms with Crippen LogP contribution in [0.3, 0.4) is 0 Å². The SMILES string of the molecule is Cc1cc(Br)cc2c1N(C(=O)OC(C)(C)C)CCC2. The monoisotopic (exact) mass is 325 g/mol. The van der Waals surface area contributed by atoms with Gasteiger partial charge in [-0.05, 0) is 63.8 Å². The van der Waals surface area contributed by atoms with E-state index in [0.29, 0.717) is 0 Å². The maximum absolute atomic E-state index is 12.3. The molecule has 1 aromatic carbocycles. The molecule has 104 valence electrons. The minimum absolute atomic E-state index is 0.251. The first-order valence-electron chi connectivity index (χ1n) is 6.57. The molecule has 1 aliphatic rings. The Kier molecular flexibility index (Phi) is 3.90. The topological polar surface area (TPSA) is 29.5 Å². The highest BCUT2D eigenvalue weighted by atomic mass is 79.9. The first-order valence-corrected chi connectivity index (χ1v) is 7.37. The minimum Gasteiger partial charge on any atom is -0.443 e. The van der Waals surface area contributed by atoms with Crippen molar-refractivity contribution in [3.63, 3.8) is 0 Å². The van der Waals surface area contributed by atoms with Crippen molar-refractivity contribution in [3.8, 4) is 0 Å². The van der Waals surface area contributed by atoms with Crippen molar-refractivity contribution in [3.05, 3.63) is 27.7 Å². The molecule has 0 bridgehead atoms. The number of hydrogen-bond donors (Lipinski definition) is 0. The number of rotatable bonds is 0. The van der Waals surface area contributed by atoms with Crippen LogP contribution in [0.5, 0.6) is 0 Å². The molecular weight excluding hydrogens is 306 g/mol. The van der Waals surface area contributed by atoms with Crippen molar-refractivity contribution in [2.45, 2.75) is 46.1 Å². The number of hydrogen-bond acceptors (Lipinski definition) is 2. The molecule has 2 rings (SSSR count). The summed E-state index contributed by atoms with van der Waals surface area (Å²) in [5, 5.41) is 0. The Bertz CT molecular complexity index is 506. The van der Waals surface area contributed by atoms with Gasteiger partial charge in [-0.1, -0.05) is 15.9 Å². The number of aryl methyl sites for hydroxylation is 2. The molecule has 0 fully saturated rings. The van der Waals surface area contributed by atoms with Crippen LogP contribution in [0, 0.1) is 6.92 Å². The number of benzene rings is 1. The molecule has 0 aliphatic carbocycles. The zero-order chi connectivity index (χ0) is 14.2. The average molecular weight is 326 g/mol. The molecule has 0 saturated heterocycles. The molecule has 0 aromatic heterocycles. The minimum atomic E-state index is -0.460. The number of carbonyl (C=O) groups excluding carboxylic acids is 1. The van der Waals surface area contributed by atoms with Gasteiger partial charge in [-0.15, -0.1) is 0 Å². The molecule has 0 spiro atoms. The Balaban J connectivity index is 2.35. The van der Waals surface area contributed by atoms with Crippen LogP contribution >= 0.6 is 15.9 Å². The third kappa shape index (κ3) is 3.30. The van der Waals surface area contributed by atoms with Crippen LogP contribution in [-0.4, -0.2) is 18.2 Å². The lowest BCUT2D eigenvalue weighted by Gasteiger charge is -2.33. The number of halogens is 1. The molecule has 0 saturated carbocycles. The zero-order valence-corrected chi connectivity index (χ0v) is 13.5. The van der Waals surface area contributed by atoms with Crippen LogP contribution in [0.1, 0.15) is 38.3 Å². The third-order valence-corrected chi connectivity index (χ3v) is 3.51. The van der Waals surface area contributed by atoms with Crippen LogP contribution in [0.15, 0.2) is 16.6 Å². The van der Waals surface area contributed by atoms with Gasteiger partial charge in [0.25, 0.3) is 0 Å². The largest absolute Gasteiger partial charge is 0.443 e. The Labute approximate surface area is 123 Å². The van der Waals surface area contributed by atoms with Crippen molar-refractivity contribution >= 4 is 27.7 Å². The van der Waals surface area contributed by atoms with E-state index in [9.17, 15) is 4.79 Å². The normalized spacial score (nSPS) is 15.1. The van der Waals surface area contributed by atoms with Crippen LogP contribution in [0.4, 0.5) is 10.5 Å². The highest BCUT2D eigenvalue weighted by Gasteiger charge is 2.28. The number of nitrogens with zero attached hydrogens (tertiary/aromatic N) is 1. The first-order chi connectivity index (χ1) is 8.78. The lowest BCUT2D eigenvalue weighted by molar-refractivity contribution is 0.0577. The average Bonchev–Trinajstić information content (AvgIpc) is 2.25. The van der Waals surface area contributed by atoms with Crippen LogP contribution in [-0.2, 0) is 11.2 Å². The van der Waals surface area contributed by atoms with Gasteiger partial charge in [-0.25, -0.2) is 4.79 Å². The maximum atomic E-state index is 12.3. The summed E-state index contributed by atoms with van der Waals surface area (Å²) in [7, 11) is 0. The van der Waals surface area contributed by atoms with E-state index < -0.39 is 5.60 Å². The molecular formula is C15H20BrNO2. The van der Waals surface area contributed by atoms with E-state index in [0.717, 1.165) is 35.1 Å². The van der Waals surface area contributed by atoms with Gasteiger partial charge >= 0.3 is 6.09 Å². The Morgan fingerprint density at radius 1 is 1.37 bits per heavy atom. The van der Waals surface area contributed by atoms with E-state index >= 15 is 0 Å². The van der Waals surface area contributed by atoms with E-state index in [2.05, 4.69) is 22.0 Å². The lowest BCUT2D eigenvalue weighted by Crippen LogP contribution is -2.40. The number of anilines is 1. The van der Waals surface area contributed by atoms with Crippen molar-refractivity contribution in [1.82, 2.24) is 0 Å². The molecule has 1 aromatic rings. The second-order valence-corrected chi connectivity index (χ2v) is 6.88. The quantitative estimate of drug-likeness (QED) is 0.705. The van der Waals surface area contributed by atoms with E-state index in [1.807, 2.05) is 33.8 Å². The predicted octanol–water partition coefficient (Wildman–Crippen LogP) is 4.45. The smallest absolute Gasteiger partial charge is 0.414 e. The zero-order valence-electron chi connectivity index (χ0n) is 11.9. The summed E-state index contributed by atoms with van der Waals surface area (Å²) in [4.78, 5) is 14.1. The van der Waals surface area contributed by atoms with Crippen LogP contribution < -0.4 is 4.90 Å². The molecule has 0 atom stereocenters. The van der Waals surface area contributed by atoms with Gasteiger partial charge in [-0.2, -0.15) is 0 Å². The molecule has 1 aliphatic heterocycles. The maximum Gasteiger partial charge on any atom is 0.414 e. The Morgan fingerprint density at radius 3 is 2.68 bits per heavy atom. The molecule has 3 nitrogen and oxygen atoms in total. The summed E-state index contributed by atoms with van der Waals surface area (Å²) >= 11 is 3.51. The van der Waals surface area contributed by atoms with Gasteiger partial charge in [0.1, 0.15) is 5.60 Å². The fourth-order valence-electron chi connectivity index (χ4n) is 2.42. The van der Waals surface area contributed by atoms with Crippen molar-refractivity contribution in [2.24, 2.45) is 0 Å². The van der Waals surface area contributed by atoms with Crippen molar-refractivity contribution < 1.29 is 9.53 Å². The van der Waals surface area contributed by atoms with Gasteiger partial charge in [0.2, 0.25) is 0 Å². The second-order valence-electron chi connectivity index (χ2n) is 5.97. The second kappa shape index (κ2) is 5.16. The lowest BCUT2D eigenvalue weighted by atomic mass is 9.99. The van der Waals surface area contributed by atoms with E-state index in [1.54, 1.807) is 4.90 Å². The summed E-state index contributed by atoms with van der Waals surface area (Å²) in [5.41, 5.74) is 2.88. The highest BCUT2D eigenvalue weighted by molar-refractivity contribution is 9.10. The predicted molar refractivity (Wildman–Crippen MR) is 80.8 cm³/mol. The number of fused-ring (bicyclic) bond motifs is 1.